The highest BCUT2D eigenvalue weighted by Crippen LogP contribution is 2.33. The van der Waals surface area contributed by atoms with Gasteiger partial charge in [-0.25, -0.2) is 8.42 Å². The highest BCUT2D eigenvalue weighted by atomic mass is 35.7. The largest absolute Gasteiger partial charge is 0.338 e. The maximum Gasteiger partial charge on any atom is 0.262 e. The second-order valence-electron chi connectivity index (χ2n) is 5.37. The summed E-state index contributed by atoms with van der Waals surface area (Å²) in [6.45, 7) is 5.33. The number of benzene rings is 1. The van der Waals surface area contributed by atoms with E-state index in [1.165, 1.54) is 6.07 Å². The molecule has 1 aromatic rings. The van der Waals surface area contributed by atoms with Gasteiger partial charge in [0, 0.05) is 28.8 Å². The first kappa shape index (κ1) is 16.9. The van der Waals surface area contributed by atoms with Crippen LogP contribution in [-0.4, -0.2) is 32.3 Å². The summed E-state index contributed by atoms with van der Waals surface area (Å²) < 4.78 is 23.0. The van der Waals surface area contributed by atoms with Gasteiger partial charge in [0.2, 0.25) is 0 Å². The second kappa shape index (κ2) is 5.95. The standard InChI is InChI=1S/C13H14Cl3NO3S/c1-7-5-17(6-8(7)2)13(18)10-3-9(14)4-11(12(10)15)21(16,19)20/h3-4,7-8H,5-6H2,1-2H3. The molecule has 0 aliphatic carbocycles. The summed E-state index contributed by atoms with van der Waals surface area (Å²) in [4.78, 5) is 13.8. The van der Waals surface area contributed by atoms with Gasteiger partial charge in [0.1, 0.15) is 4.90 Å². The van der Waals surface area contributed by atoms with Crippen molar-refractivity contribution in [3.63, 3.8) is 0 Å². The lowest BCUT2D eigenvalue weighted by atomic mass is 10.0. The van der Waals surface area contributed by atoms with Crippen LogP contribution < -0.4 is 0 Å². The average Bonchev–Trinajstić information content (AvgIpc) is 2.70. The van der Waals surface area contributed by atoms with Gasteiger partial charge in [-0.1, -0.05) is 37.0 Å². The topological polar surface area (TPSA) is 54.5 Å². The third kappa shape index (κ3) is 3.47. The van der Waals surface area contributed by atoms with Crippen LogP contribution in [0.25, 0.3) is 0 Å². The fourth-order valence-electron chi connectivity index (χ4n) is 2.36. The molecule has 2 rings (SSSR count). The number of likely N-dealkylation sites (tertiary alicyclic amines) is 1. The molecule has 4 nitrogen and oxygen atoms in total. The van der Waals surface area contributed by atoms with Crippen molar-refractivity contribution in [2.45, 2.75) is 18.7 Å². The molecule has 2 atom stereocenters. The van der Waals surface area contributed by atoms with E-state index in [2.05, 4.69) is 13.8 Å². The number of amides is 1. The van der Waals surface area contributed by atoms with Gasteiger partial charge in [0.25, 0.3) is 15.0 Å². The maximum atomic E-state index is 12.5. The van der Waals surface area contributed by atoms with E-state index in [0.29, 0.717) is 24.9 Å². The molecular weight excluding hydrogens is 357 g/mol. The summed E-state index contributed by atoms with van der Waals surface area (Å²) in [6, 6.07) is 2.50. The van der Waals surface area contributed by atoms with Crippen LogP contribution in [0.4, 0.5) is 0 Å². The Morgan fingerprint density at radius 1 is 1.19 bits per heavy atom. The highest BCUT2D eigenvalue weighted by molar-refractivity contribution is 8.13. The van der Waals surface area contributed by atoms with Crippen LogP contribution >= 0.6 is 33.9 Å². The minimum atomic E-state index is -4.07. The molecule has 1 saturated heterocycles. The number of rotatable bonds is 2. The lowest BCUT2D eigenvalue weighted by Crippen LogP contribution is -2.29. The summed E-state index contributed by atoms with van der Waals surface area (Å²) in [5, 5.41) is -0.0890. The van der Waals surface area contributed by atoms with Gasteiger partial charge >= 0.3 is 0 Å². The molecule has 8 heteroatoms. The molecule has 0 aromatic heterocycles. The van der Waals surface area contributed by atoms with Crippen LogP contribution in [0.1, 0.15) is 24.2 Å². The molecule has 0 N–H and O–H groups in total. The van der Waals surface area contributed by atoms with Crippen molar-refractivity contribution in [2.75, 3.05) is 13.1 Å². The predicted molar refractivity (Wildman–Crippen MR) is 83.7 cm³/mol. The summed E-state index contributed by atoms with van der Waals surface area (Å²) in [7, 11) is 1.25. The van der Waals surface area contributed by atoms with Crippen molar-refractivity contribution in [3.05, 3.63) is 27.7 Å². The van der Waals surface area contributed by atoms with Crippen LogP contribution in [0, 0.1) is 11.8 Å². The molecule has 116 valence electrons. The molecule has 1 aliphatic rings. The van der Waals surface area contributed by atoms with E-state index >= 15 is 0 Å². The Kier molecular flexibility index (Phi) is 4.78. The fraction of sp³-hybridized carbons (Fsp3) is 0.462. The Morgan fingerprint density at radius 3 is 2.19 bits per heavy atom. The van der Waals surface area contributed by atoms with E-state index in [1.807, 2.05) is 0 Å². The minimum absolute atomic E-state index is 0.0599. The van der Waals surface area contributed by atoms with Crippen molar-refractivity contribution in [3.8, 4) is 0 Å². The molecule has 0 saturated carbocycles. The summed E-state index contributed by atoms with van der Waals surface area (Å²) in [5.74, 6) is 0.423. The monoisotopic (exact) mass is 369 g/mol. The molecular formula is C13H14Cl3NO3S. The van der Waals surface area contributed by atoms with Gasteiger partial charge in [0.15, 0.2) is 0 Å². The SMILES string of the molecule is CC1CN(C(=O)c2cc(Cl)cc(S(=O)(=O)Cl)c2Cl)CC1C. The van der Waals surface area contributed by atoms with E-state index in [0.717, 1.165) is 6.07 Å². The van der Waals surface area contributed by atoms with Crippen molar-refractivity contribution in [1.82, 2.24) is 4.90 Å². The molecule has 1 amide bonds. The maximum absolute atomic E-state index is 12.5. The van der Waals surface area contributed by atoms with Gasteiger partial charge in [-0.15, -0.1) is 0 Å². The van der Waals surface area contributed by atoms with Gasteiger partial charge in [0.05, 0.1) is 10.6 Å². The van der Waals surface area contributed by atoms with Crippen LogP contribution in [0.2, 0.25) is 10.0 Å². The molecule has 0 bridgehead atoms. The smallest absolute Gasteiger partial charge is 0.262 e. The molecule has 1 fully saturated rings. The van der Waals surface area contributed by atoms with Gasteiger partial charge in [-0.3, -0.25) is 4.79 Å². The van der Waals surface area contributed by atoms with Gasteiger partial charge in [-0.05, 0) is 24.0 Å². The first-order valence-electron chi connectivity index (χ1n) is 6.34. The normalized spacial score (nSPS) is 22.6. The number of carbonyl (C=O) groups is 1. The van der Waals surface area contributed by atoms with E-state index in [1.54, 1.807) is 4.90 Å². The van der Waals surface area contributed by atoms with E-state index in [4.69, 9.17) is 33.9 Å². The molecule has 1 aromatic carbocycles. The van der Waals surface area contributed by atoms with Crippen molar-refractivity contribution < 1.29 is 13.2 Å². The zero-order valence-electron chi connectivity index (χ0n) is 11.4. The number of nitrogens with zero attached hydrogens (tertiary/aromatic N) is 1. The number of halogens is 3. The molecule has 1 heterocycles. The molecule has 1 aliphatic heterocycles. The number of hydrogen-bond acceptors (Lipinski definition) is 3. The van der Waals surface area contributed by atoms with Crippen LogP contribution in [0.15, 0.2) is 17.0 Å². The zero-order valence-corrected chi connectivity index (χ0v) is 14.5. The third-order valence-electron chi connectivity index (χ3n) is 3.77. The van der Waals surface area contributed by atoms with E-state index in [9.17, 15) is 13.2 Å². The molecule has 2 unspecified atom stereocenters. The Bertz CT molecular complexity index is 680. The Morgan fingerprint density at radius 2 is 1.71 bits per heavy atom. The van der Waals surface area contributed by atoms with Gasteiger partial charge < -0.3 is 4.90 Å². The summed E-state index contributed by atoms with van der Waals surface area (Å²) >= 11 is 11.9. The summed E-state index contributed by atoms with van der Waals surface area (Å²) in [6.07, 6.45) is 0. The molecule has 21 heavy (non-hydrogen) atoms. The lowest BCUT2D eigenvalue weighted by molar-refractivity contribution is 0.0785. The lowest BCUT2D eigenvalue weighted by Gasteiger charge is -2.18. The Hall–Kier alpha value is -0.490. The third-order valence-corrected chi connectivity index (χ3v) is 5.86. The highest BCUT2D eigenvalue weighted by Gasteiger charge is 2.32. The summed E-state index contributed by atoms with van der Waals surface area (Å²) in [5.41, 5.74) is 0.0599. The number of hydrogen-bond donors (Lipinski definition) is 0. The van der Waals surface area contributed by atoms with Crippen LogP contribution in [0.5, 0.6) is 0 Å². The Labute approximate surface area is 138 Å². The Balaban J connectivity index is 2.45. The second-order valence-corrected chi connectivity index (χ2v) is 8.72. The van der Waals surface area contributed by atoms with Crippen LogP contribution in [-0.2, 0) is 9.05 Å². The minimum Gasteiger partial charge on any atom is -0.338 e. The van der Waals surface area contributed by atoms with Crippen molar-refractivity contribution in [2.24, 2.45) is 11.8 Å². The fourth-order valence-corrected chi connectivity index (χ4v) is 4.22. The van der Waals surface area contributed by atoms with Crippen molar-refractivity contribution >= 4 is 48.8 Å². The van der Waals surface area contributed by atoms with E-state index in [-0.39, 0.29) is 26.4 Å². The first-order valence-corrected chi connectivity index (χ1v) is 9.40. The van der Waals surface area contributed by atoms with E-state index < -0.39 is 9.05 Å². The molecule has 0 spiro atoms. The predicted octanol–water partition coefficient (Wildman–Crippen LogP) is 3.65. The van der Waals surface area contributed by atoms with Gasteiger partial charge in [-0.2, -0.15) is 0 Å². The molecule has 0 radical (unpaired) electrons. The average molecular weight is 371 g/mol. The quantitative estimate of drug-likeness (QED) is 0.747. The zero-order chi connectivity index (χ0) is 15.9. The van der Waals surface area contributed by atoms with Crippen LogP contribution in [0.3, 0.4) is 0 Å². The number of carbonyl (C=O) groups excluding carboxylic acids is 1. The first-order chi connectivity index (χ1) is 9.61. The van der Waals surface area contributed by atoms with Crippen molar-refractivity contribution in [1.29, 1.82) is 0 Å².